The van der Waals surface area contributed by atoms with E-state index in [-0.39, 0.29) is 18.0 Å². The minimum Gasteiger partial charge on any atom is -0.462 e. The molecule has 0 unspecified atom stereocenters. The number of esters is 1. The molecule has 0 saturated heterocycles. The van der Waals surface area contributed by atoms with E-state index in [2.05, 4.69) is 44.2 Å². The van der Waals surface area contributed by atoms with Crippen molar-refractivity contribution in [3.63, 3.8) is 0 Å². The Bertz CT molecular complexity index is 693. The first-order chi connectivity index (χ1) is 16.1. The van der Waals surface area contributed by atoms with E-state index >= 15 is 0 Å². The maximum atomic E-state index is 12.8. The van der Waals surface area contributed by atoms with Gasteiger partial charge in [0.1, 0.15) is 6.10 Å². The molecular formula is C30H46O3. The first-order valence-corrected chi connectivity index (χ1v) is 14.0. The molecule has 4 rings (SSSR count). The Morgan fingerprint density at radius 3 is 2.00 bits per heavy atom. The summed E-state index contributed by atoms with van der Waals surface area (Å²) in [6, 6.07) is 11.0. The van der Waals surface area contributed by atoms with Gasteiger partial charge in [-0.05, 0) is 107 Å². The number of benzene rings is 1. The Morgan fingerprint density at radius 1 is 0.818 bits per heavy atom. The van der Waals surface area contributed by atoms with Gasteiger partial charge in [0.25, 0.3) is 0 Å². The van der Waals surface area contributed by atoms with E-state index in [1.165, 1.54) is 50.5 Å². The fourth-order valence-corrected chi connectivity index (χ4v) is 6.95. The first kappa shape index (κ1) is 24.8. The smallest absolute Gasteiger partial charge is 0.309 e. The van der Waals surface area contributed by atoms with Gasteiger partial charge in [0.05, 0.1) is 12.0 Å². The molecule has 0 bridgehead atoms. The van der Waals surface area contributed by atoms with Crippen LogP contribution in [0, 0.1) is 23.7 Å². The Kier molecular flexibility index (Phi) is 9.29. The molecule has 3 aliphatic rings. The Hall–Kier alpha value is -1.35. The van der Waals surface area contributed by atoms with Crippen molar-refractivity contribution in [3.05, 3.63) is 35.9 Å². The maximum absolute atomic E-state index is 12.8. The third-order valence-corrected chi connectivity index (χ3v) is 9.03. The molecule has 0 aliphatic heterocycles. The van der Waals surface area contributed by atoms with Crippen molar-refractivity contribution in [1.29, 1.82) is 0 Å². The van der Waals surface area contributed by atoms with Crippen molar-refractivity contribution in [2.75, 3.05) is 6.61 Å². The van der Waals surface area contributed by atoms with Gasteiger partial charge in [0.15, 0.2) is 0 Å². The molecular weight excluding hydrogens is 408 g/mol. The van der Waals surface area contributed by atoms with Gasteiger partial charge in [0, 0.05) is 6.61 Å². The van der Waals surface area contributed by atoms with Crippen LogP contribution in [0.4, 0.5) is 0 Å². The second-order valence-electron chi connectivity index (χ2n) is 11.2. The SMILES string of the molecule is CCOC1CCC(OC(=O)C2CCC(C3CCC(C[C@@H](C)c4ccccc4)CC3)CC2)CC1. The largest absolute Gasteiger partial charge is 0.462 e. The second kappa shape index (κ2) is 12.4. The molecule has 1 aromatic carbocycles. The molecule has 33 heavy (non-hydrogen) atoms. The lowest BCUT2D eigenvalue weighted by molar-refractivity contribution is -0.158. The van der Waals surface area contributed by atoms with Gasteiger partial charge >= 0.3 is 5.97 Å². The number of hydrogen-bond acceptors (Lipinski definition) is 3. The average molecular weight is 455 g/mol. The summed E-state index contributed by atoms with van der Waals surface area (Å²) in [6.07, 6.45) is 16.0. The standard InChI is InChI=1S/C30H46O3/c1-3-32-28-17-19-29(20-18-28)33-30(31)27-15-13-26(14-16-27)25-11-9-23(10-12-25)21-22(2)24-7-5-4-6-8-24/h4-8,22-23,25-29H,3,9-21H2,1-2H3/t22-,23?,25?,26?,27?,28?,29?/m1/s1. The number of carbonyl (C=O) groups excluding carboxylic acids is 1. The van der Waals surface area contributed by atoms with Crippen LogP contribution in [0.2, 0.25) is 0 Å². The van der Waals surface area contributed by atoms with Crippen LogP contribution >= 0.6 is 0 Å². The molecule has 3 aliphatic carbocycles. The normalized spacial score (nSPS) is 33.9. The lowest BCUT2D eigenvalue weighted by Crippen LogP contribution is -2.33. The monoisotopic (exact) mass is 454 g/mol. The van der Waals surface area contributed by atoms with Crippen LogP contribution in [0.1, 0.15) is 109 Å². The lowest BCUT2D eigenvalue weighted by Gasteiger charge is -2.38. The summed E-state index contributed by atoms with van der Waals surface area (Å²) in [4.78, 5) is 12.8. The van der Waals surface area contributed by atoms with Crippen molar-refractivity contribution in [3.8, 4) is 0 Å². The Balaban J connectivity index is 1.13. The molecule has 0 radical (unpaired) electrons. The number of hydrogen-bond donors (Lipinski definition) is 0. The summed E-state index contributed by atoms with van der Waals surface area (Å²) in [7, 11) is 0. The summed E-state index contributed by atoms with van der Waals surface area (Å²) in [5, 5.41) is 0. The summed E-state index contributed by atoms with van der Waals surface area (Å²) >= 11 is 0. The zero-order valence-electron chi connectivity index (χ0n) is 21.1. The highest BCUT2D eigenvalue weighted by Crippen LogP contribution is 2.43. The minimum atomic E-state index is 0.0897. The first-order valence-electron chi connectivity index (χ1n) is 14.0. The van der Waals surface area contributed by atoms with Crippen LogP contribution in [-0.4, -0.2) is 24.8 Å². The fraction of sp³-hybridized carbons (Fsp3) is 0.767. The summed E-state index contributed by atoms with van der Waals surface area (Å²) in [5.41, 5.74) is 1.49. The van der Waals surface area contributed by atoms with Crippen molar-refractivity contribution in [2.24, 2.45) is 23.7 Å². The molecule has 0 aromatic heterocycles. The number of ether oxygens (including phenoxy) is 2. The van der Waals surface area contributed by atoms with E-state index in [0.29, 0.717) is 12.0 Å². The fourth-order valence-electron chi connectivity index (χ4n) is 6.95. The zero-order chi connectivity index (χ0) is 23.0. The lowest BCUT2D eigenvalue weighted by atomic mass is 9.68. The van der Waals surface area contributed by atoms with Gasteiger partial charge in [-0.2, -0.15) is 0 Å². The van der Waals surface area contributed by atoms with Gasteiger partial charge < -0.3 is 9.47 Å². The molecule has 0 heterocycles. The van der Waals surface area contributed by atoms with E-state index in [1.54, 1.807) is 0 Å². The van der Waals surface area contributed by atoms with Gasteiger partial charge in [0.2, 0.25) is 0 Å². The van der Waals surface area contributed by atoms with Crippen LogP contribution in [0.3, 0.4) is 0 Å². The van der Waals surface area contributed by atoms with Gasteiger partial charge in [-0.1, -0.05) is 50.1 Å². The molecule has 0 spiro atoms. The van der Waals surface area contributed by atoms with Crippen LogP contribution in [0.15, 0.2) is 30.3 Å². The van der Waals surface area contributed by atoms with E-state index in [9.17, 15) is 4.79 Å². The topological polar surface area (TPSA) is 35.5 Å². The predicted molar refractivity (Wildman–Crippen MR) is 134 cm³/mol. The summed E-state index contributed by atoms with van der Waals surface area (Å²) in [5.74, 6) is 3.52. The molecule has 184 valence electrons. The van der Waals surface area contributed by atoms with Crippen molar-refractivity contribution in [1.82, 2.24) is 0 Å². The van der Waals surface area contributed by atoms with E-state index in [4.69, 9.17) is 9.47 Å². The van der Waals surface area contributed by atoms with Gasteiger partial charge in [-0.25, -0.2) is 0 Å². The average Bonchev–Trinajstić information content (AvgIpc) is 2.86. The zero-order valence-corrected chi connectivity index (χ0v) is 21.1. The quantitative estimate of drug-likeness (QED) is 0.378. The Labute approximate surface area is 202 Å². The van der Waals surface area contributed by atoms with E-state index in [1.807, 2.05) is 0 Å². The van der Waals surface area contributed by atoms with Crippen molar-refractivity contribution < 1.29 is 14.3 Å². The van der Waals surface area contributed by atoms with Crippen LogP contribution < -0.4 is 0 Å². The van der Waals surface area contributed by atoms with E-state index in [0.717, 1.165) is 62.9 Å². The Morgan fingerprint density at radius 2 is 1.39 bits per heavy atom. The van der Waals surface area contributed by atoms with Crippen LogP contribution in [0.5, 0.6) is 0 Å². The maximum Gasteiger partial charge on any atom is 0.309 e. The third-order valence-electron chi connectivity index (χ3n) is 9.03. The number of rotatable bonds is 8. The van der Waals surface area contributed by atoms with Gasteiger partial charge in [-0.3, -0.25) is 4.79 Å². The minimum absolute atomic E-state index is 0.0897. The molecule has 3 heteroatoms. The third kappa shape index (κ3) is 7.07. The summed E-state index contributed by atoms with van der Waals surface area (Å²) < 4.78 is 11.7. The predicted octanol–water partition coefficient (Wildman–Crippen LogP) is 7.68. The van der Waals surface area contributed by atoms with Crippen LogP contribution in [0.25, 0.3) is 0 Å². The molecule has 0 N–H and O–H groups in total. The number of carbonyl (C=O) groups is 1. The molecule has 0 amide bonds. The molecule has 3 fully saturated rings. The highest BCUT2D eigenvalue weighted by atomic mass is 16.5. The summed E-state index contributed by atoms with van der Waals surface area (Å²) in [6.45, 7) is 5.24. The second-order valence-corrected chi connectivity index (χ2v) is 11.2. The van der Waals surface area contributed by atoms with E-state index < -0.39 is 0 Å². The molecule has 1 aromatic rings. The van der Waals surface area contributed by atoms with Gasteiger partial charge in [-0.15, -0.1) is 0 Å². The highest BCUT2D eigenvalue weighted by molar-refractivity contribution is 5.72. The molecule has 3 saturated carbocycles. The molecule has 1 atom stereocenters. The van der Waals surface area contributed by atoms with Crippen molar-refractivity contribution >= 4 is 5.97 Å². The van der Waals surface area contributed by atoms with Crippen LogP contribution in [-0.2, 0) is 14.3 Å². The highest BCUT2D eigenvalue weighted by Gasteiger charge is 2.35. The van der Waals surface area contributed by atoms with Crippen molar-refractivity contribution in [2.45, 2.75) is 115 Å². The molecule has 3 nitrogen and oxygen atoms in total.